The third kappa shape index (κ3) is 4.99. The summed E-state index contributed by atoms with van der Waals surface area (Å²) in [6.45, 7) is -1.39. The Bertz CT molecular complexity index is 780. The first-order valence-electron chi connectivity index (χ1n) is 9.77. The van der Waals surface area contributed by atoms with Crippen molar-refractivity contribution in [2.24, 2.45) is 0 Å². The van der Waals surface area contributed by atoms with E-state index in [9.17, 15) is 45.9 Å². The average Bonchev–Trinajstić information content (AvgIpc) is 2.78. The smallest absolute Gasteiger partial charge is 0.271 e. The molecule has 2 aliphatic rings. The number of nitrogens with zero attached hydrogens (tertiary/aromatic N) is 1. The second-order valence-electron chi connectivity index (χ2n) is 7.51. The van der Waals surface area contributed by atoms with Crippen molar-refractivity contribution in [1.82, 2.24) is 0 Å². The summed E-state index contributed by atoms with van der Waals surface area (Å²) in [6, 6.07) is 5.33. The molecule has 0 aliphatic carbocycles. The van der Waals surface area contributed by atoms with Crippen molar-refractivity contribution >= 4 is 11.4 Å². The van der Waals surface area contributed by atoms with Crippen molar-refractivity contribution in [3.63, 3.8) is 0 Å². The number of benzene rings is 1. The lowest BCUT2D eigenvalue weighted by Crippen LogP contribution is -2.65. The number of hydrogen-bond donors (Lipinski definition) is 8. The van der Waals surface area contributed by atoms with E-state index in [1.165, 1.54) is 24.3 Å². The van der Waals surface area contributed by atoms with E-state index in [1.54, 1.807) is 0 Å². The van der Waals surface area contributed by atoms with Crippen LogP contribution in [0, 0.1) is 10.1 Å². The summed E-state index contributed by atoms with van der Waals surface area (Å²) in [4.78, 5) is 10.3. The number of aliphatic hydroxyl groups is 7. The number of anilines is 1. The van der Waals surface area contributed by atoms with Gasteiger partial charge in [-0.2, -0.15) is 0 Å². The van der Waals surface area contributed by atoms with E-state index in [4.69, 9.17) is 14.2 Å². The zero-order valence-corrected chi connectivity index (χ0v) is 16.6. The van der Waals surface area contributed by atoms with Crippen LogP contribution in [0.2, 0.25) is 0 Å². The molecule has 14 heteroatoms. The molecule has 3 rings (SSSR count). The van der Waals surface area contributed by atoms with Gasteiger partial charge in [0.2, 0.25) is 0 Å². The highest BCUT2D eigenvalue weighted by atomic mass is 16.7. The average molecular weight is 462 g/mol. The molecule has 0 amide bonds. The fraction of sp³-hybridized carbons (Fsp3) is 0.667. The fourth-order valence-corrected chi connectivity index (χ4v) is 3.58. The van der Waals surface area contributed by atoms with Crippen LogP contribution in [0.4, 0.5) is 11.4 Å². The van der Waals surface area contributed by atoms with Crippen LogP contribution < -0.4 is 5.32 Å². The number of nitro groups is 1. The zero-order valence-electron chi connectivity index (χ0n) is 16.6. The Kier molecular flexibility index (Phi) is 7.94. The summed E-state index contributed by atoms with van der Waals surface area (Å²) in [5.74, 6) is 0. The molecule has 2 heterocycles. The van der Waals surface area contributed by atoms with Crippen LogP contribution in [0.1, 0.15) is 0 Å². The quantitative estimate of drug-likeness (QED) is 0.146. The lowest BCUT2D eigenvalue weighted by Gasteiger charge is -2.46. The van der Waals surface area contributed by atoms with E-state index in [-0.39, 0.29) is 11.4 Å². The third-order valence-corrected chi connectivity index (χ3v) is 5.37. The van der Waals surface area contributed by atoms with Crippen molar-refractivity contribution in [3.8, 4) is 0 Å². The van der Waals surface area contributed by atoms with Crippen LogP contribution in [0.25, 0.3) is 0 Å². The largest absolute Gasteiger partial charge is 0.394 e. The summed E-state index contributed by atoms with van der Waals surface area (Å²) >= 11 is 0. The molecule has 1 aromatic rings. The number of rotatable bonds is 7. The molecule has 2 fully saturated rings. The normalized spacial score (nSPS) is 40.1. The van der Waals surface area contributed by atoms with Crippen LogP contribution >= 0.6 is 0 Å². The number of aliphatic hydroxyl groups excluding tert-OH is 7. The topological polar surface area (TPSA) is 224 Å². The first-order valence-corrected chi connectivity index (χ1v) is 9.77. The van der Waals surface area contributed by atoms with E-state index in [1.807, 2.05) is 0 Å². The van der Waals surface area contributed by atoms with E-state index >= 15 is 0 Å². The highest BCUT2D eigenvalue weighted by molar-refractivity contribution is 5.51. The highest BCUT2D eigenvalue weighted by Crippen LogP contribution is 2.30. The highest BCUT2D eigenvalue weighted by Gasteiger charge is 2.50. The molecule has 0 unspecified atom stereocenters. The van der Waals surface area contributed by atoms with Gasteiger partial charge < -0.3 is 55.3 Å². The van der Waals surface area contributed by atoms with E-state index < -0.39 is 79.5 Å². The SMILES string of the molecule is O=[N+]([O-])c1cccc(N[C@@H]2O[C@H](CO)[C@@H](O[C@H]3O[C@@H](CO)[C@H](O)[C@@H](O)[C@@H]3O)[C@H](O)[C@H]2O)c1. The molecule has 0 spiro atoms. The van der Waals surface area contributed by atoms with Gasteiger partial charge in [-0.25, -0.2) is 0 Å². The van der Waals surface area contributed by atoms with Gasteiger partial charge in [-0.05, 0) is 6.07 Å². The van der Waals surface area contributed by atoms with Crippen LogP contribution in [0.3, 0.4) is 0 Å². The van der Waals surface area contributed by atoms with Gasteiger partial charge >= 0.3 is 0 Å². The second-order valence-corrected chi connectivity index (χ2v) is 7.51. The molecule has 0 aromatic heterocycles. The van der Waals surface area contributed by atoms with Crippen LogP contribution in [0.15, 0.2) is 24.3 Å². The Morgan fingerprint density at radius 2 is 1.62 bits per heavy atom. The summed E-state index contributed by atoms with van der Waals surface area (Å²) in [5, 5.41) is 83.5. The summed E-state index contributed by atoms with van der Waals surface area (Å²) in [7, 11) is 0. The van der Waals surface area contributed by atoms with Gasteiger partial charge in [-0.3, -0.25) is 10.1 Å². The van der Waals surface area contributed by atoms with Gasteiger partial charge in [0, 0.05) is 17.8 Å². The van der Waals surface area contributed by atoms with E-state index in [0.29, 0.717) is 0 Å². The number of nitrogens with one attached hydrogen (secondary N) is 1. The lowest BCUT2D eigenvalue weighted by atomic mass is 9.96. The summed E-state index contributed by atoms with van der Waals surface area (Å²) < 4.78 is 16.2. The van der Waals surface area contributed by atoms with E-state index in [2.05, 4.69) is 5.32 Å². The third-order valence-electron chi connectivity index (χ3n) is 5.37. The predicted octanol–water partition coefficient (Wildman–Crippen LogP) is -3.37. The number of nitro benzene ring substituents is 1. The van der Waals surface area contributed by atoms with Crippen LogP contribution in [-0.2, 0) is 14.2 Å². The van der Waals surface area contributed by atoms with Crippen molar-refractivity contribution in [2.75, 3.05) is 18.5 Å². The first kappa shape index (κ1) is 24.7. The monoisotopic (exact) mass is 462 g/mol. The van der Waals surface area contributed by atoms with Crippen LogP contribution in [-0.4, -0.2) is 115 Å². The summed E-state index contributed by atoms with van der Waals surface area (Å²) in [6.07, 6.45) is -15.3. The van der Waals surface area contributed by atoms with Crippen molar-refractivity contribution in [1.29, 1.82) is 0 Å². The standard InChI is InChI=1S/C18H26N2O12/c21-5-9-11(23)12(24)15(27)18(31-9)32-16-10(6-22)30-17(14(26)13(16)25)19-7-2-1-3-8(4-7)20(28)29/h1-4,9-19,21-27H,5-6H2/t9-,10+,11-,12+,13+,14+,15-,16+,17+,18+/m0/s1. The Hall–Kier alpha value is -1.98. The maximum atomic E-state index is 10.9. The van der Waals surface area contributed by atoms with Gasteiger partial charge in [0.15, 0.2) is 12.5 Å². The van der Waals surface area contributed by atoms with Gasteiger partial charge in [-0.1, -0.05) is 6.07 Å². The molecule has 0 bridgehead atoms. The molecule has 32 heavy (non-hydrogen) atoms. The molecule has 2 saturated heterocycles. The molecule has 8 N–H and O–H groups in total. The minimum atomic E-state index is -1.77. The first-order chi connectivity index (χ1) is 15.2. The van der Waals surface area contributed by atoms with Crippen molar-refractivity contribution in [2.45, 2.75) is 61.3 Å². The molecule has 1 aromatic carbocycles. The molecule has 14 nitrogen and oxygen atoms in total. The number of hydrogen-bond acceptors (Lipinski definition) is 13. The van der Waals surface area contributed by atoms with Crippen molar-refractivity contribution in [3.05, 3.63) is 34.4 Å². The lowest BCUT2D eigenvalue weighted by molar-refractivity contribution is -0.384. The Morgan fingerprint density at radius 3 is 2.25 bits per heavy atom. The molecule has 2 aliphatic heterocycles. The van der Waals surface area contributed by atoms with Gasteiger partial charge in [0.25, 0.3) is 5.69 Å². The Balaban J connectivity index is 1.72. The molecule has 180 valence electrons. The van der Waals surface area contributed by atoms with Crippen LogP contribution in [0.5, 0.6) is 0 Å². The molecular weight excluding hydrogens is 436 g/mol. The maximum absolute atomic E-state index is 10.9. The second kappa shape index (κ2) is 10.3. The molecule has 0 saturated carbocycles. The molecule has 0 radical (unpaired) electrons. The minimum absolute atomic E-state index is 0.209. The fourth-order valence-electron chi connectivity index (χ4n) is 3.58. The summed E-state index contributed by atoms with van der Waals surface area (Å²) in [5.41, 5.74) is -0.0103. The van der Waals surface area contributed by atoms with Gasteiger partial charge in [-0.15, -0.1) is 0 Å². The molecule has 10 atom stereocenters. The number of non-ortho nitro benzene ring substituents is 1. The zero-order chi connectivity index (χ0) is 23.6. The Labute approximate surface area is 181 Å². The van der Waals surface area contributed by atoms with Gasteiger partial charge in [0.1, 0.15) is 48.8 Å². The van der Waals surface area contributed by atoms with Gasteiger partial charge in [0.05, 0.1) is 18.1 Å². The predicted molar refractivity (Wildman–Crippen MR) is 103 cm³/mol. The van der Waals surface area contributed by atoms with E-state index in [0.717, 1.165) is 0 Å². The Morgan fingerprint density at radius 1 is 0.938 bits per heavy atom. The maximum Gasteiger partial charge on any atom is 0.271 e. The number of ether oxygens (including phenoxy) is 3. The minimum Gasteiger partial charge on any atom is -0.394 e. The molecular formula is C18H26N2O12. The van der Waals surface area contributed by atoms with Crippen molar-refractivity contribution < 1.29 is 54.9 Å².